The highest BCUT2D eigenvalue weighted by Crippen LogP contribution is 2.37. The number of aromatic nitrogens is 3. The lowest BCUT2D eigenvalue weighted by molar-refractivity contribution is 0.167. The Morgan fingerprint density at radius 3 is 2.52 bits per heavy atom. The van der Waals surface area contributed by atoms with Crippen molar-refractivity contribution in [3.63, 3.8) is 0 Å². The lowest BCUT2D eigenvalue weighted by Crippen LogP contribution is -2.51. The molecule has 29 heavy (non-hydrogen) atoms. The standard InChI is InChI=1S/C22H25N5O2/c1-16-5-7-17(8-6-16)15-24-21(28)26-22(11-3-2-4-12-22)20-25-19(27-29-20)18-9-13-23-14-10-18/h5-10,13-14H,2-4,11-12,15H2,1H3,(H2,24,26,28). The van der Waals surface area contributed by atoms with E-state index in [1.54, 1.807) is 12.4 Å². The molecule has 4 rings (SSSR count). The van der Waals surface area contributed by atoms with Crippen molar-refractivity contribution in [3.8, 4) is 11.4 Å². The van der Waals surface area contributed by atoms with Gasteiger partial charge < -0.3 is 15.2 Å². The molecule has 150 valence electrons. The van der Waals surface area contributed by atoms with Crippen LogP contribution in [0.1, 0.15) is 49.1 Å². The molecule has 0 aliphatic heterocycles. The Balaban J connectivity index is 1.49. The Morgan fingerprint density at radius 1 is 1.07 bits per heavy atom. The molecule has 7 heteroatoms. The molecule has 0 unspecified atom stereocenters. The first-order valence-corrected chi connectivity index (χ1v) is 10.0. The van der Waals surface area contributed by atoms with Crippen LogP contribution in [0.15, 0.2) is 53.3 Å². The maximum atomic E-state index is 12.7. The Labute approximate surface area is 169 Å². The van der Waals surface area contributed by atoms with Crippen LogP contribution in [0.2, 0.25) is 0 Å². The summed E-state index contributed by atoms with van der Waals surface area (Å²) in [6.07, 6.45) is 8.10. The summed E-state index contributed by atoms with van der Waals surface area (Å²) in [6.45, 7) is 2.51. The number of hydrogen-bond donors (Lipinski definition) is 2. The van der Waals surface area contributed by atoms with E-state index >= 15 is 0 Å². The summed E-state index contributed by atoms with van der Waals surface area (Å²) in [7, 11) is 0. The first-order valence-electron chi connectivity index (χ1n) is 10.0. The first kappa shape index (κ1) is 19.1. The predicted molar refractivity (Wildman–Crippen MR) is 109 cm³/mol. The summed E-state index contributed by atoms with van der Waals surface area (Å²) >= 11 is 0. The molecule has 2 amide bonds. The zero-order valence-electron chi connectivity index (χ0n) is 16.5. The van der Waals surface area contributed by atoms with Crippen LogP contribution in [0.25, 0.3) is 11.4 Å². The van der Waals surface area contributed by atoms with Crippen molar-refractivity contribution in [2.24, 2.45) is 0 Å². The average molecular weight is 391 g/mol. The fourth-order valence-corrected chi connectivity index (χ4v) is 3.73. The number of benzene rings is 1. The summed E-state index contributed by atoms with van der Waals surface area (Å²) < 4.78 is 5.61. The van der Waals surface area contributed by atoms with Crippen LogP contribution in [0.3, 0.4) is 0 Å². The summed E-state index contributed by atoms with van der Waals surface area (Å²) in [6, 6.07) is 11.6. The van der Waals surface area contributed by atoms with E-state index in [2.05, 4.69) is 25.8 Å². The van der Waals surface area contributed by atoms with E-state index in [-0.39, 0.29) is 6.03 Å². The van der Waals surface area contributed by atoms with Gasteiger partial charge in [-0.05, 0) is 37.5 Å². The molecule has 0 atom stereocenters. The lowest BCUT2D eigenvalue weighted by atomic mass is 9.81. The smallest absolute Gasteiger partial charge is 0.315 e. The van der Waals surface area contributed by atoms with Gasteiger partial charge in [0.1, 0.15) is 5.54 Å². The fraction of sp³-hybridized carbons (Fsp3) is 0.364. The van der Waals surface area contributed by atoms with Crippen molar-refractivity contribution in [3.05, 3.63) is 65.8 Å². The molecule has 7 nitrogen and oxygen atoms in total. The number of carbonyl (C=O) groups excluding carboxylic acids is 1. The van der Waals surface area contributed by atoms with Gasteiger partial charge in [0.15, 0.2) is 0 Å². The number of hydrogen-bond acceptors (Lipinski definition) is 5. The highest BCUT2D eigenvalue weighted by atomic mass is 16.5. The third-order valence-electron chi connectivity index (χ3n) is 5.41. The van der Waals surface area contributed by atoms with Gasteiger partial charge in [0.2, 0.25) is 5.82 Å². The van der Waals surface area contributed by atoms with Crippen molar-refractivity contribution < 1.29 is 9.32 Å². The molecule has 0 bridgehead atoms. The third-order valence-corrected chi connectivity index (χ3v) is 5.41. The van der Waals surface area contributed by atoms with Crippen LogP contribution in [0, 0.1) is 6.92 Å². The number of aryl methyl sites for hydroxylation is 1. The molecule has 0 radical (unpaired) electrons. The molecule has 0 spiro atoms. The zero-order chi connectivity index (χ0) is 20.1. The minimum Gasteiger partial charge on any atom is -0.336 e. The monoisotopic (exact) mass is 391 g/mol. The van der Waals surface area contributed by atoms with E-state index in [0.717, 1.165) is 43.2 Å². The third kappa shape index (κ3) is 4.45. The van der Waals surface area contributed by atoms with Gasteiger partial charge in [0.25, 0.3) is 5.89 Å². The van der Waals surface area contributed by atoms with Crippen LogP contribution in [0.4, 0.5) is 4.79 Å². The Kier molecular flexibility index (Phi) is 5.55. The van der Waals surface area contributed by atoms with Gasteiger partial charge in [-0.1, -0.05) is 54.2 Å². The molecule has 1 saturated carbocycles. The van der Waals surface area contributed by atoms with E-state index in [1.165, 1.54) is 5.56 Å². The molecule has 3 aromatic rings. The minimum absolute atomic E-state index is 0.226. The van der Waals surface area contributed by atoms with Crippen LogP contribution in [-0.2, 0) is 12.1 Å². The van der Waals surface area contributed by atoms with Crippen molar-refractivity contribution >= 4 is 6.03 Å². The quantitative estimate of drug-likeness (QED) is 0.683. The summed E-state index contributed by atoms with van der Waals surface area (Å²) in [4.78, 5) is 21.3. The van der Waals surface area contributed by atoms with Gasteiger partial charge in [0, 0.05) is 24.5 Å². The Bertz CT molecular complexity index is 947. The van der Waals surface area contributed by atoms with Crippen molar-refractivity contribution in [2.75, 3.05) is 0 Å². The second-order valence-electron chi connectivity index (χ2n) is 7.60. The first-order chi connectivity index (χ1) is 14.1. The SMILES string of the molecule is Cc1ccc(CNC(=O)NC2(c3nc(-c4ccncc4)no3)CCCCC2)cc1. The molecule has 2 N–H and O–H groups in total. The molecular formula is C22H25N5O2. The van der Waals surface area contributed by atoms with Gasteiger partial charge >= 0.3 is 6.03 Å². The van der Waals surface area contributed by atoms with E-state index in [9.17, 15) is 4.79 Å². The van der Waals surface area contributed by atoms with E-state index < -0.39 is 5.54 Å². The maximum Gasteiger partial charge on any atom is 0.315 e. The molecule has 1 fully saturated rings. The summed E-state index contributed by atoms with van der Waals surface area (Å²) in [5, 5.41) is 10.2. The van der Waals surface area contributed by atoms with Gasteiger partial charge in [-0.15, -0.1) is 0 Å². The second kappa shape index (κ2) is 8.43. The van der Waals surface area contributed by atoms with Crippen LogP contribution < -0.4 is 10.6 Å². The second-order valence-corrected chi connectivity index (χ2v) is 7.60. The van der Waals surface area contributed by atoms with Crippen molar-refractivity contribution in [2.45, 2.75) is 51.1 Å². The highest BCUT2D eigenvalue weighted by Gasteiger charge is 2.40. The molecule has 2 aromatic heterocycles. The number of urea groups is 1. The van der Waals surface area contributed by atoms with Crippen LogP contribution in [-0.4, -0.2) is 21.2 Å². The van der Waals surface area contributed by atoms with Gasteiger partial charge in [-0.2, -0.15) is 4.98 Å². The molecule has 1 aliphatic carbocycles. The summed E-state index contributed by atoms with van der Waals surface area (Å²) in [5.74, 6) is 0.976. The molecule has 0 saturated heterocycles. The van der Waals surface area contributed by atoms with Crippen molar-refractivity contribution in [1.29, 1.82) is 0 Å². The average Bonchev–Trinajstić information content (AvgIpc) is 3.26. The van der Waals surface area contributed by atoms with Gasteiger partial charge in [-0.3, -0.25) is 4.98 Å². The number of pyridine rings is 1. The van der Waals surface area contributed by atoms with E-state index in [0.29, 0.717) is 18.3 Å². The maximum absolute atomic E-state index is 12.7. The Morgan fingerprint density at radius 2 is 1.79 bits per heavy atom. The topological polar surface area (TPSA) is 92.9 Å². The molecule has 1 aliphatic rings. The van der Waals surface area contributed by atoms with Gasteiger partial charge in [0.05, 0.1) is 0 Å². The largest absolute Gasteiger partial charge is 0.336 e. The number of rotatable bonds is 5. The number of carbonyl (C=O) groups is 1. The normalized spacial score (nSPS) is 15.6. The highest BCUT2D eigenvalue weighted by molar-refractivity contribution is 5.75. The molecule has 2 heterocycles. The Hall–Kier alpha value is -3.22. The van der Waals surface area contributed by atoms with E-state index in [4.69, 9.17) is 4.52 Å². The zero-order valence-corrected chi connectivity index (χ0v) is 16.5. The van der Waals surface area contributed by atoms with Crippen LogP contribution >= 0.6 is 0 Å². The van der Waals surface area contributed by atoms with Crippen LogP contribution in [0.5, 0.6) is 0 Å². The number of nitrogens with one attached hydrogen (secondary N) is 2. The van der Waals surface area contributed by atoms with Crippen molar-refractivity contribution in [1.82, 2.24) is 25.8 Å². The molecular weight excluding hydrogens is 366 g/mol. The lowest BCUT2D eigenvalue weighted by Gasteiger charge is -2.34. The fourth-order valence-electron chi connectivity index (χ4n) is 3.73. The van der Waals surface area contributed by atoms with Gasteiger partial charge in [-0.25, -0.2) is 4.79 Å². The number of nitrogens with zero attached hydrogens (tertiary/aromatic N) is 3. The predicted octanol–water partition coefficient (Wildman–Crippen LogP) is 4.10. The summed E-state index contributed by atoms with van der Waals surface area (Å²) in [5.41, 5.74) is 2.46. The molecule has 1 aromatic carbocycles. The van der Waals surface area contributed by atoms with E-state index in [1.807, 2.05) is 43.3 Å². The minimum atomic E-state index is -0.631. The number of amides is 2.